The van der Waals surface area contributed by atoms with Crippen LogP contribution in [-0.2, 0) is 7.05 Å². The number of nitrogens with one attached hydrogen (secondary N) is 1. The van der Waals surface area contributed by atoms with Crippen molar-refractivity contribution in [2.75, 3.05) is 12.3 Å². The first-order valence-electron chi connectivity index (χ1n) is 5.12. The Bertz CT molecular complexity index is 304. The molecule has 0 aliphatic heterocycles. The summed E-state index contributed by atoms with van der Waals surface area (Å²) in [4.78, 5) is 0. The van der Waals surface area contributed by atoms with E-state index in [1.54, 1.807) is 0 Å². The van der Waals surface area contributed by atoms with Crippen molar-refractivity contribution in [2.24, 2.45) is 7.05 Å². The van der Waals surface area contributed by atoms with E-state index in [2.05, 4.69) is 16.5 Å². The Morgan fingerprint density at radius 2 is 2.43 bits per heavy atom. The molecule has 0 unspecified atom stereocenters. The summed E-state index contributed by atoms with van der Waals surface area (Å²) in [6.07, 6.45) is 2.74. The van der Waals surface area contributed by atoms with Gasteiger partial charge in [0.25, 0.3) is 0 Å². The van der Waals surface area contributed by atoms with Gasteiger partial charge in [-0.3, -0.25) is 4.68 Å². The quantitative estimate of drug-likeness (QED) is 0.592. The minimum Gasteiger partial charge on any atom is -0.313 e. The number of rotatable bonds is 5. The monoisotopic (exact) mass is 211 g/mol. The molecule has 0 spiro atoms. The molecule has 78 valence electrons. The highest BCUT2D eigenvalue weighted by Gasteiger charge is 2.19. The van der Waals surface area contributed by atoms with Crippen LogP contribution in [0.5, 0.6) is 0 Å². The Kier molecular flexibility index (Phi) is 3.13. The van der Waals surface area contributed by atoms with Crippen LogP contribution >= 0.6 is 11.8 Å². The highest BCUT2D eigenvalue weighted by Crippen LogP contribution is 2.20. The number of nitrogens with zero attached hydrogens (tertiary/aromatic N) is 2. The zero-order chi connectivity index (χ0) is 9.97. The van der Waals surface area contributed by atoms with Crippen LogP contribution in [0, 0.1) is 6.92 Å². The van der Waals surface area contributed by atoms with Gasteiger partial charge in [0.15, 0.2) is 0 Å². The van der Waals surface area contributed by atoms with Gasteiger partial charge < -0.3 is 5.32 Å². The number of hydrogen-bond acceptors (Lipinski definition) is 3. The summed E-state index contributed by atoms with van der Waals surface area (Å²) >= 11 is 1.88. The molecule has 4 heteroatoms. The number of aryl methyl sites for hydroxylation is 2. The second-order valence-electron chi connectivity index (χ2n) is 3.82. The SMILES string of the molecule is Cc1cc(SCCNC2CC2)n(C)n1. The first-order valence-corrected chi connectivity index (χ1v) is 6.11. The summed E-state index contributed by atoms with van der Waals surface area (Å²) in [6.45, 7) is 3.14. The van der Waals surface area contributed by atoms with Gasteiger partial charge >= 0.3 is 0 Å². The van der Waals surface area contributed by atoms with E-state index in [0.29, 0.717) is 0 Å². The average molecular weight is 211 g/mol. The van der Waals surface area contributed by atoms with Crippen LogP contribution in [0.25, 0.3) is 0 Å². The van der Waals surface area contributed by atoms with E-state index in [1.165, 1.54) is 17.9 Å². The smallest absolute Gasteiger partial charge is 0.0939 e. The second-order valence-corrected chi connectivity index (χ2v) is 4.94. The lowest BCUT2D eigenvalue weighted by atomic mass is 10.5. The molecule has 14 heavy (non-hydrogen) atoms. The van der Waals surface area contributed by atoms with Crippen LogP contribution < -0.4 is 5.32 Å². The number of hydrogen-bond donors (Lipinski definition) is 1. The summed E-state index contributed by atoms with van der Waals surface area (Å²) in [5.41, 5.74) is 1.10. The van der Waals surface area contributed by atoms with Gasteiger partial charge in [-0.1, -0.05) is 0 Å². The van der Waals surface area contributed by atoms with Crippen LogP contribution in [0.1, 0.15) is 18.5 Å². The van der Waals surface area contributed by atoms with Crippen molar-refractivity contribution in [2.45, 2.75) is 30.8 Å². The molecule has 0 radical (unpaired) electrons. The zero-order valence-corrected chi connectivity index (χ0v) is 9.60. The maximum atomic E-state index is 4.31. The van der Waals surface area contributed by atoms with Crippen LogP contribution in [0.2, 0.25) is 0 Å². The fourth-order valence-corrected chi connectivity index (χ4v) is 2.34. The molecule has 1 fully saturated rings. The normalized spacial score (nSPS) is 16.1. The van der Waals surface area contributed by atoms with Crippen molar-refractivity contribution in [3.63, 3.8) is 0 Å². The fraction of sp³-hybridized carbons (Fsp3) is 0.700. The summed E-state index contributed by atoms with van der Waals surface area (Å²) < 4.78 is 1.96. The highest BCUT2D eigenvalue weighted by atomic mass is 32.2. The van der Waals surface area contributed by atoms with E-state index >= 15 is 0 Å². The van der Waals surface area contributed by atoms with Gasteiger partial charge in [-0.05, 0) is 25.8 Å². The van der Waals surface area contributed by atoms with Crippen molar-refractivity contribution >= 4 is 11.8 Å². The highest BCUT2D eigenvalue weighted by molar-refractivity contribution is 7.99. The maximum absolute atomic E-state index is 4.31. The minimum atomic E-state index is 0.823. The van der Waals surface area contributed by atoms with Gasteiger partial charge in [0.1, 0.15) is 0 Å². The van der Waals surface area contributed by atoms with E-state index < -0.39 is 0 Å². The third-order valence-electron chi connectivity index (χ3n) is 2.32. The standard InChI is InChI=1S/C10H17N3S/c1-8-7-10(13(2)12-8)14-6-5-11-9-3-4-9/h7,9,11H,3-6H2,1-2H3. The lowest BCUT2D eigenvalue weighted by Gasteiger charge is -2.02. The molecule has 1 N–H and O–H groups in total. The summed E-state index contributed by atoms with van der Waals surface area (Å²) in [6, 6.07) is 2.96. The van der Waals surface area contributed by atoms with Crippen molar-refractivity contribution in [1.29, 1.82) is 0 Å². The molecular weight excluding hydrogens is 194 g/mol. The van der Waals surface area contributed by atoms with E-state index in [-0.39, 0.29) is 0 Å². The van der Waals surface area contributed by atoms with Gasteiger partial charge in [-0.15, -0.1) is 11.8 Å². The Morgan fingerprint density at radius 1 is 1.64 bits per heavy atom. The van der Waals surface area contributed by atoms with Crippen LogP contribution in [-0.4, -0.2) is 28.1 Å². The van der Waals surface area contributed by atoms with Gasteiger partial charge in [0.2, 0.25) is 0 Å². The maximum Gasteiger partial charge on any atom is 0.0939 e. The lowest BCUT2D eigenvalue weighted by molar-refractivity contribution is 0.689. The predicted molar refractivity (Wildman–Crippen MR) is 59.7 cm³/mol. The van der Waals surface area contributed by atoms with Gasteiger partial charge in [0, 0.05) is 25.4 Å². The Labute approximate surface area is 89.3 Å². The lowest BCUT2D eigenvalue weighted by Crippen LogP contribution is -2.19. The second kappa shape index (κ2) is 4.36. The molecule has 1 aliphatic rings. The molecule has 3 nitrogen and oxygen atoms in total. The van der Waals surface area contributed by atoms with Crippen molar-refractivity contribution in [3.05, 3.63) is 11.8 Å². The van der Waals surface area contributed by atoms with E-state index in [9.17, 15) is 0 Å². The van der Waals surface area contributed by atoms with Crippen molar-refractivity contribution in [3.8, 4) is 0 Å². The van der Waals surface area contributed by atoms with Gasteiger partial charge in [0.05, 0.1) is 10.7 Å². The molecule has 0 amide bonds. The predicted octanol–water partition coefficient (Wildman–Crippen LogP) is 1.57. The molecule has 0 saturated heterocycles. The van der Waals surface area contributed by atoms with Gasteiger partial charge in [-0.2, -0.15) is 5.10 Å². The molecule has 0 aromatic carbocycles. The summed E-state index contributed by atoms with van der Waals surface area (Å²) in [5, 5.41) is 9.08. The fourth-order valence-electron chi connectivity index (χ4n) is 1.43. The largest absolute Gasteiger partial charge is 0.313 e. The molecule has 1 aliphatic carbocycles. The van der Waals surface area contributed by atoms with E-state index in [0.717, 1.165) is 24.0 Å². The molecule has 1 heterocycles. The topological polar surface area (TPSA) is 29.9 Å². The molecule has 1 saturated carbocycles. The molecule has 1 aromatic heterocycles. The number of aromatic nitrogens is 2. The van der Waals surface area contributed by atoms with Crippen LogP contribution in [0.15, 0.2) is 11.1 Å². The van der Waals surface area contributed by atoms with Crippen molar-refractivity contribution < 1.29 is 0 Å². The van der Waals surface area contributed by atoms with Crippen LogP contribution in [0.3, 0.4) is 0 Å². The first kappa shape index (κ1) is 10.1. The molecule has 2 rings (SSSR count). The number of thioether (sulfide) groups is 1. The zero-order valence-electron chi connectivity index (χ0n) is 8.79. The van der Waals surface area contributed by atoms with Crippen LogP contribution in [0.4, 0.5) is 0 Å². The minimum absolute atomic E-state index is 0.823. The third-order valence-corrected chi connectivity index (χ3v) is 3.41. The third kappa shape index (κ3) is 2.75. The van der Waals surface area contributed by atoms with E-state index in [1.807, 2.05) is 30.4 Å². The Balaban J connectivity index is 1.70. The average Bonchev–Trinajstić information content (AvgIpc) is 2.88. The molecular formula is C10H17N3S. The first-order chi connectivity index (χ1) is 6.75. The Morgan fingerprint density at radius 3 is 3.00 bits per heavy atom. The summed E-state index contributed by atoms with van der Waals surface area (Å²) in [5.74, 6) is 1.13. The molecule has 0 bridgehead atoms. The van der Waals surface area contributed by atoms with E-state index in [4.69, 9.17) is 0 Å². The molecule has 0 atom stereocenters. The van der Waals surface area contributed by atoms with Gasteiger partial charge in [-0.25, -0.2) is 0 Å². The molecule has 1 aromatic rings. The Hall–Kier alpha value is -0.480. The summed E-state index contributed by atoms with van der Waals surface area (Å²) in [7, 11) is 2.00. The van der Waals surface area contributed by atoms with Crippen molar-refractivity contribution in [1.82, 2.24) is 15.1 Å².